The molecule has 3 N–H and O–H groups in total. The van der Waals surface area contributed by atoms with Crippen LogP contribution in [0.15, 0.2) is 24.4 Å². The molecule has 5 heteroatoms. The largest absolute Gasteiger partial charge is 0.326 e. The van der Waals surface area contributed by atoms with E-state index in [0.29, 0.717) is 13.0 Å². The summed E-state index contributed by atoms with van der Waals surface area (Å²) in [7, 11) is 0. The normalized spacial score (nSPS) is 20.9. The van der Waals surface area contributed by atoms with Crippen molar-refractivity contribution in [3.8, 4) is 0 Å². The number of hydrogen-bond donors (Lipinski definition) is 2. The van der Waals surface area contributed by atoms with Crippen molar-refractivity contribution in [2.24, 2.45) is 5.73 Å². The van der Waals surface area contributed by atoms with Crippen LogP contribution in [0.5, 0.6) is 0 Å². The summed E-state index contributed by atoms with van der Waals surface area (Å²) in [6.45, 7) is 0.596. The van der Waals surface area contributed by atoms with E-state index in [-0.39, 0.29) is 11.9 Å². The molecule has 3 rings (SSSR count). The van der Waals surface area contributed by atoms with Gasteiger partial charge in [0.25, 0.3) is 0 Å². The maximum absolute atomic E-state index is 11.7. The highest BCUT2D eigenvalue weighted by atomic mass is 16.2. The molecule has 0 spiro atoms. The summed E-state index contributed by atoms with van der Waals surface area (Å²) in [5.74, 6) is 0.0892. The van der Waals surface area contributed by atoms with Gasteiger partial charge >= 0.3 is 0 Å². The molecule has 5 nitrogen and oxygen atoms in total. The van der Waals surface area contributed by atoms with Crippen LogP contribution in [0.1, 0.15) is 6.42 Å². The molecule has 82 valence electrons. The van der Waals surface area contributed by atoms with Gasteiger partial charge in [0.1, 0.15) is 0 Å². The maximum atomic E-state index is 11.7. The van der Waals surface area contributed by atoms with Crippen molar-refractivity contribution in [3.05, 3.63) is 24.4 Å². The summed E-state index contributed by atoms with van der Waals surface area (Å²) in [4.78, 5) is 13.4. The number of H-pyrrole nitrogens is 1. The molecule has 1 aromatic heterocycles. The maximum Gasteiger partial charge on any atom is 0.228 e. The molecule has 1 amide bonds. The lowest BCUT2D eigenvalue weighted by atomic mass is 10.2. The van der Waals surface area contributed by atoms with Crippen molar-refractivity contribution in [2.45, 2.75) is 12.5 Å². The third-order valence-corrected chi connectivity index (χ3v) is 2.89. The van der Waals surface area contributed by atoms with Gasteiger partial charge < -0.3 is 10.6 Å². The number of nitrogens with two attached hydrogens (primary N) is 1. The quantitative estimate of drug-likeness (QED) is 0.734. The monoisotopic (exact) mass is 216 g/mol. The van der Waals surface area contributed by atoms with E-state index in [1.54, 1.807) is 11.1 Å². The summed E-state index contributed by atoms with van der Waals surface area (Å²) in [6.07, 6.45) is 2.19. The summed E-state index contributed by atoms with van der Waals surface area (Å²) >= 11 is 0. The van der Waals surface area contributed by atoms with Gasteiger partial charge in [-0.3, -0.25) is 9.89 Å². The first-order chi connectivity index (χ1) is 7.74. The molecule has 1 unspecified atom stereocenters. The van der Waals surface area contributed by atoms with Crippen molar-refractivity contribution in [1.29, 1.82) is 0 Å². The van der Waals surface area contributed by atoms with Gasteiger partial charge in [-0.05, 0) is 18.2 Å². The fraction of sp³-hybridized carbons (Fsp3) is 0.273. The van der Waals surface area contributed by atoms with E-state index in [4.69, 9.17) is 5.73 Å². The molecule has 1 atom stereocenters. The lowest BCUT2D eigenvalue weighted by Gasteiger charge is -2.15. The molecule has 2 aromatic rings. The fourth-order valence-corrected chi connectivity index (χ4v) is 2.08. The Kier molecular flexibility index (Phi) is 1.94. The highest BCUT2D eigenvalue weighted by Crippen LogP contribution is 2.24. The second kappa shape index (κ2) is 3.31. The molecule has 1 aliphatic rings. The topological polar surface area (TPSA) is 75.0 Å². The zero-order valence-corrected chi connectivity index (χ0v) is 8.68. The molecular weight excluding hydrogens is 204 g/mol. The minimum atomic E-state index is -0.0510. The van der Waals surface area contributed by atoms with E-state index in [0.717, 1.165) is 16.6 Å². The molecule has 1 aliphatic heterocycles. The summed E-state index contributed by atoms with van der Waals surface area (Å²) in [6, 6.07) is 5.75. The fourth-order valence-electron chi connectivity index (χ4n) is 2.08. The minimum Gasteiger partial charge on any atom is -0.326 e. The Bertz CT molecular complexity index is 548. The molecule has 16 heavy (non-hydrogen) atoms. The van der Waals surface area contributed by atoms with E-state index in [1.807, 2.05) is 18.2 Å². The number of nitrogens with one attached hydrogen (secondary N) is 1. The van der Waals surface area contributed by atoms with Crippen LogP contribution in [0, 0.1) is 0 Å². The lowest BCUT2D eigenvalue weighted by molar-refractivity contribution is -0.117. The predicted molar refractivity (Wildman–Crippen MR) is 61.0 cm³/mol. The predicted octanol–water partition coefficient (Wildman–Crippen LogP) is 0.627. The third kappa shape index (κ3) is 1.37. The molecule has 0 radical (unpaired) electrons. The van der Waals surface area contributed by atoms with Gasteiger partial charge in [0, 0.05) is 30.1 Å². The number of anilines is 1. The van der Waals surface area contributed by atoms with Crippen molar-refractivity contribution >= 4 is 22.5 Å². The first-order valence-electron chi connectivity index (χ1n) is 5.23. The Balaban J connectivity index is 2.02. The average molecular weight is 216 g/mol. The third-order valence-electron chi connectivity index (χ3n) is 2.89. The Morgan fingerprint density at radius 1 is 1.50 bits per heavy atom. The zero-order valence-electron chi connectivity index (χ0n) is 8.68. The van der Waals surface area contributed by atoms with Gasteiger partial charge in [0.2, 0.25) is 5.91 Å². The second-order valence-electron chi connectivity index (χ2n) is 4.11. The van der Waals surface area contributed by atoms with Crippen molar-refractivity contribution in [2.75, 3.05) is 11.4 Å². The first-order valence-corrected chi connectivity index (χ1v) is 5.23. The molecule has 2 heterocycles. The molecular formula is C11H12N4O. The second-order valence-corrected chi connectivity index (χ2v) is 4.11. The molecule has 0 aliphatic carbocycles. The number of carbonyl (C=O) groups excluding carboxylic acids is 1. The molecule has 1 saturated heterocycles. The van der Waals surface area contributed by atoms with Crippen LogP contribution in [0.2, 0.25) is 0 Å². The summed E-state index contributed by atoms with van der Waals surface area (Å²) in [5.41, 5.74) is 7.58. The Hall–Kier alpha value is -1.88. The number of benzene rings is 1. The van der Waals surface area contributed by atoms with Crippen molar-refractivity contribution < 1.29 is 4.79 Å². The average Bonchev–Trinajstić information content (AvgIpc) is 2.83. The Morgan fingerprint density at radius 2 is 2.38 bits per heavy atom. The van der Waals surface area contributed by atoms with Crippen LogP contribution in [0.4, 0.5) is 5.69 Å². The number of amides is 1. The lowest BCUT2D eigenvalue weighted by Crippen LogP contribution is -2.27. The molecule has 0 saturated carbocycles. The van der Waals surface area contributed by atoms with Gasteiger partial charge in [0.05, 0.1) is 11.7 Å². The van der Waals surface area contributed by atoms with E-state index >= 15 is 0 Å². The van der Waals surface area contributed by atoms with Crippen LogP contribution in [-0.2, 0) is 4.79 Å². The van der Waals surface area contributed by atoms with E-state index in [1.165, 1.54) is 0 Å². The number of fused-ring (bicyclic) bond motifs is 1. The minimum absolute atomic E-state index is 0.0510. The Labute approximate surface area is 92.2 Å². The van der Waals surface area contributed by atoms with Gasteiger partial charge in [-0.2, -0.15) is 5.10 Å². The van der Waals surface area contributed by atoms with Crippen LogP contribution < -0.4 is 10.6 Å². The molecule has 0 bridgehead atoms. The number of carbonyl (C=O) groups is 1. The summed E-state index contributed by atoms with van der Waals surface area (Å²) in [5, 5.41) is 7.88. The van der Waals surface area contributed by atoms with E-state index < -0.39 is 0 Å². The zero-order chi connectivity index (χ0) is 11.1. The standard InChI is InChI=1S/C11H12N4O/c12-8-3-11(16)15(6-8)9-2-1-7-5-13-14-10(7)4-9/h1-2,4-5,8H,3,6,12H2,(H,13,14). The van der Waals surface area contributed by atoms with Crippen LogP contribution in [-0.4, -0.2) is 28.7 Å². The molecule has 1 aromatic carbocycles. The van der Waals surface area contributed by atoms with Gasteiger partial charge in [-0.1, -0.05) is 0 Å². The summed E-state index contributed by atoms with van der Waals surface area (Å²) < 4.78 is 0. The SMILES string of the molecule is NC1CC(=O)N(c2ccc3cn[nH]c3c2)C1. The number of rotatable bonds is 1. The number of aromatic nitrogens is 2. The van der Waals surface area contributed by atoms with Gasteiger partial charge in [0.15, 0.2) is 0 Å². The number of hydrogen-bond acceptors (Lipinski definition) is 3. The van der Waals surface area contributed by atoms with E-state index in [2.05, 4.69) is 10.2 Å². The number of nitrogens with zero attached hydrogens (tertiary/aromatic N) is 2. The highest BCUT2D eigenvalue weighted by Gasteiger charge is 2.28. The Morgan fingerprint density at radius 3 is 3.12 bits per heavy atom. The first kappa shape index (κ1) is 9.35. The smallest absolute Gasteiger partial charge is 0.228 e. The highest BCUT2D eigenvalue weighted by molar-refractivity contribution is 5.98. The van der Waals surface area contributed by atoms with Crippen LogP contribution in [0.3, 0.4) is 0 Å². The van der Waals surface area contributed by atoms with Crippen LogP contribution >= 0.6 is 0 Å². The van der Waals surface area contributed by atoms with Crippen molar-refractivity contribution in [1.82, 2.24) is 10.2 Å². The number of aromatic amines is 1. The van der Waals surface area contributed by atoms with Crippen molar-refractivity contribution in [3.63, 3.8) is 0 Å². The van der Waals surface area contributed by atoms with Gasteiger partial charge in [-0.25, -0.2) is 0 Å². The van der Waals surface area contributed by atoms with E-state index in [9.17, 15) is 4.79 Å². The van der Waals surface area contributed by atoms with Crippen LogP contribution in [0.25, 0.3) is 10.9 Å². The molecule has 1 fully saturated rings. The van der Waals surface area contributed by atoms with Gasteiger partial charge in [-0.15, -0.1) is 0 Å².